The first-order valence-corrected chi connectivity index (χ1v) is 5.67. The summed E-state index contributed by atoms with van der Waals surface area (Å²) in [6.07, 6.45) is 0. The molecule has 0 unspecified atom stereocenters. The Morgan fingerprint density at radius 3 is 2.95 bits per heavy atom. The molecule has 3 N–H and O–H groups in total. The Kier molecular flexibility index (Phi) is 6.22. The number of guanidine groups is 1. The maximum atomic E-state index is 5.76. The number of ether oxygens (including phenoxy) is 1. The van der Waals surface area contributed by atoms with E-state index in [4.69, 9.17) is 15.0 Å². The minimum atomic E-state index is 0. The minimum Gasteiger partial charge on any atom is -0.497 e. The highest BCUT2D eigenvalue weighted by molar-refractivity contribution is 14.0. The van der Waals surface area contributed by atoms with E-state index in [2.05, 4.69) is 20.4 Å². The van der Waals surface area contributed by atoms with Gasteiger partial charge in [-0.2, -0.15) is 4.98 Å². The van der Waals surface area contributed by atoms with Crippen molar-refractivity contribution in [2.75, 3.05) is 12.4 Å². The first-order chi connectivity index (χ1) is 9.17. The number of aliphatic imine (C=N–C) groups is 1. The van der Waals surface area contributed by atoms with Crippen LogP contribution in [0.15, 0.2) is 33.8 Å². The number of nitrogens with two attached hydrogens (primary N) is 1. The molecule has 7 nitrogen and oxygen atoms in total. The molecule has 1 aromatic carbocycles. The van der Waals surface area contributed by atoms with Gasteiger partial charge in [0.15, 0.2) is 11.8 Å². The number of aryl methyl sites for hydroxylation is 1. The van der Waals surface area contributed by atoms with Crippen LogP contribution in [0.25, 0.3) is 0 Å². The maximum Gasteiger partial charge on any atom is 0.248 e. The molecule has 0 spiro atoms. The van der Waals surface area contributed by atoms with Crippen molar-refractivity contribution in [1.29, 1.82) is 0 Å². The number of anilines is 1. The second-order valence-corrected chi connectivity index (χ2v) is 3.79. The topological polar surface area (TPSA) is 98.6 Å². The molecule has 108 valence electrons. The van der Waals surface area contributed by atoms with Gasteiger partial charge in [-0.25, -0.2) is 4.99 Å². The normalized spacial score (nSPS) is 10.8. The molecule has 0 aliphatic carbocycles. The summed E-state index contributed by atoms with van der Waals surface area (Å²) in [5.41, 5.74) is 6.55. The van der Waals surface area contributed by atoms with Crippen molar-refractivity contribution >= 4 is 35.6 Å². The lowest BCUT2D eigenvalue weighted by Gasteiger charge is -2.06. The van der Waals surface area contributed by atoms with Crippen molar-refractivity contribution in [1.82, 2.24) is 10.1 Å². The van der Waals surface area contributed by atoms with Crippen molar-refractivity contribution in [3.05, 3.63) is 36.0 Å². The summed E-state index contributed by atoms with van der Waals surface area (Å²) in [7, 11) is 1.61. The van der Waals surface area contributed by atoms with Crippen molar-refractivity contribution in [3.8, 4) is 5.75 Å². The molecule has 0 amide bonds. The van der Waals surface area contributed by atoms with Crippen LogP contribution < -0.4 is 15.8 Å². The quantitative estimate of drug-likeness (QED) is 0.471. The van der Waals surface area contributed by atoms with E-state index < -0.39 is 0 Å². The third-order valence-electron chi connectivity index (χ3n) is 2.30. The number of nitrogens with zero attached hydrogens (tertiary/aromatic N) is 3. The highest BCUT2D eigenvalue weighted by Gasteiger charge is 2.02. The summed E-state index contributed by atoms with van der Waals surface area (Å²) >= 11 is 0. The Balaban J connectivity index is 0.00000200. The van der Waals surface area contributed by atoms with E-state index in [1.54, 1.807) is 14.0 Å². The van der Waals surface area contributed by atoms with E-state index in [-0.39, 0.29) is 36.5 Å². The first kappa shape index (κ1) is 16.2. The fourth-order valence-electron chi connectivity index (χ4n) is 1.45. The van der Waals surface area contributed by atoms with Crippen molar-refractivity contribution < 1.29 is 9.26 Å². The molecule has 0 atom stereocenters. The Morgan fingerprint density at radius 1 is 1.50 bits per heavy atom. The average molecular weight is 389 g/mol. The van der Waals surface area contributed by atoms with Crippen molar-refractivity contribution in [3.63, 3.8) is 0 Å². The summed E-state index contributed by atoms with van der Waals surface area (Å²) in [5, 5.41) is 6.62. The highest BCUT2D eigenvalue weighted by atomic mass is 127. The molecule has 1 heterocycles. The van der Waals surface area contributed by atoms with Gasteiger partial charge in [-0.3, -0.25) is 0 Å². The Morgan fingerprint density at radius 2 is 2.30 bits per heavy atom. The van der Waals surface area contributed by atoms with Crippen LogP contribution in [0.1, 0.15) is 11.7 Å². The Hall–Kier alpha value is -1.84. The number of aromatic nitrogens is 2. The summed E-state index contributed by atoms with van der Waals surface area (Å²) in [6, 6.07) is 7.39. The van der Waals surface area contributed by atoms with E-state index in [0.717, 1.165) is 11.4 Å². The average Bonchev–Trinajstić information content (AvgIpc) is 2.82. The van der Waals surface area contributed by atoms with E-state index in [1.165, 1.54) is 0 Å². The third-order valence-corrected chi connectivity index (χ3v) is 2.30. The van der Waals surface area contributed by atoms with Crippen LogP contribution in [0.3, 0.4) is 0 Å². The van der Waals surface area contributed by atoms with Crippen molar-refractivity contribution in [2.24, 2.45) is 10.7 Å². The number of benzene rings is 1. The molecule has 0 radical (unpaired) electrons. The van der Waals surface area contributed by atoms with Crippen LogP contribution in [-0.4, -0.2) is 23.2 Å². The van der Waals surface area contributed by atoms with Gasteiger partial charge in [0.2, 0.25) is 5.89 Å². The minimum absolute atomic E-state index is 0. The molecule has 2 rings (SSSR count). The zero-order valence-electron chi connectivity index (χ0n) is 11.2. The SMILES string of the molecule is COc1cccc(NC(N)=NCc2nc(C)no2)c1.I. The van der Waals surface area contributed by atoms with E-state index in [1.807, 2.05) is 24.3 Å². The van der Waals surface area contributed by atoms with Gasteiger partial charge < -0.3 is 20.3 Å². The maximum absolute atomic E-state index is 5.76. The zero-order chi connectivity index (χ0) is 13.7. The van der Waals surface area contributed by atoms with E-state index in [9.17, 15) is 0 Å². The number of halogens is 1. The van der Waals surface area contributed by atoms with Crippen LogP contribution in [0.5, 0.6) is 5.75 Å². The van der Waals surface area contributed by atoms with Crippen LogP contribution in [-0.2, 0) is 6.54 Å². The molecule has 8 heteroatoms. The molecule has 0 fully saturated rings. The predicted molar refractivity (Wildman–Crippen MR) is 86.4 cm³/mol. The van der Waals surface area contributed by atoms with Gasteiger partial charge in [0, 0.05) is 11.8 Å². The van der Waals surface area contributed by atoms with Crippen LogP contribution in [0.4, 0.5) is 5.69 Å². The lowest BCUT2D eigenvalue weighted by molar-refractivity contribution is 0.376. The van der Waals surface area contributed by atoms with E-state index in [0.29, 0.717) is 11.7 Å². The highest BCUT2D eigenvalue weighted by Crippen LogP contribution is 2.16. The number of hydrogen-bond donors (Lipinski definition) is 2. The molecular formula is C12H16IN5O2. The Bertz CT molecular complexity index is 585. The molecule has 0 saturated heterocycles. The van der Waals surface area contributed by atoms with Gasteiger partial charge in [-0.05, 0) is 19.1 Å². The summed E-state index contributed by atoms with van der Waals surface area (Å²) in [5.74, 6) is 2.01. The molecule has 0 aliphatic rings. The van der Waals surface area contributed by atoms with E-state index >= 15 is 0 Å². The Labute approximate surface area is 133 Å². The van der Waals surface area contributed by atoms with Gasteiger partial charge in [0.1, 0.15) is 12.3 Å². The zero-order valence-corrected chi connectivity index (χ0v) is 13.5. The molecule has 20 heavy (non-hydrogen) atoms. The van der Waals surface area contributed by atoms with Gasteiger partial charge in [-0.15, -0.1) is 24.0 Å². The molecule has 0 saturated carbocycles. The largest absolute Gasteiger partial charge is 0.497 e. The fourth-order valence-corrected chi connectivity index (χ4v) is 1.45. The standard InChI is InChI=1S/C12H15N5O2.HI/c1-8-15-11(19-17-8)7-14-12(13)16-9-4-3-5-10(6-9)18-2;/h3-6H,7H2,1-2H3,(H3,13,14,16);1H. The first-order valence-electron chi connectivity index (χ1n) is 5.67. The van der Waals surface area contributed by atoms with Gasteiger partial charge in [-0.1, -0.05) is 11.2 Å². The van der Waals surface area contributed by atoms with Crippen LogP contribution >= 0.6 is 24.0 Å². The van der Waals surface area contributed by atoms with Crippen LogP contribution in [0, 0.1) is 6.92 Å². The summed E-state index contributed by atoms with van der Waals surface area (Å²) in [4.78, 5) is 8.13. The number of hydrogen-bond acceptors (Lipinski definition) is 5. The fraction of sp³-hybridized carbons (Fsp3) is 0.250. The van der Waals surface area contributed by atoms with Gasteiger partial charge >= 0.3 is 0 Å². The second-order valence-electron chi connectivity index (χ2n) is 3.79. The molecule has 1 aromatic heterocycles. The predicted octanol–water partition coefficient (Wildman–Crippen LogP) is 1.93. The van der Waals surface area contributed by atoms with Crippen LogP contribution in [0.2, 0.25) is 0 Å². The number of methoxy groups -OCH3 is 1. The van der Waals surface area contributed by atoms with Crippen molar-refractivity contribution in [2.45, 2.75) is 13.5 Å². The molecule has 2 aromatic rings. The van der Waals surface area contributed by atoms with Gasteiger partial charge in [0.05, 0.1) is 7.11 Å². The molecule has 0 bridgehead atoms. The smallest absolute Gasteiger partial charge is 0.248 e. The third kappa shape index (κ3) is 4.68. The molecule has 0 aliphatic heterocycles. The summed E-state index contributed by atoms with van der Waals surface area (Å²) in [6.45, 7) is 1.98. The second kappa shape index (κ2) is 7.68. The molecular weight excluding hydrogens is 373 g/mol. The van der Waals surface area contributed by atoms with Gasteiger partial charge in [0.25, 0.3) is 0 Å². The number of rotatable bonds is 4. The monoisotopic (exact) mass is 389 g/mol. The lowest BCUT2D eigenvalue weighted by Crippen LogP contribution is -2.22. The lowest BCUT2D eigenvalue weighted by atomic mass is 10.3. The summed E-state index contributed by atoms with van der Waals surface area (Å²) < 4.78 is 10.0. The number of nitrogens with one attached hydrogen (secondary N) is 1.